The molecule has 0 saturated heterocycles. The number of carbonyl (C=O) groups excluding carboxylic acids is 3. The summed E-state index contributed by atoms with van der Waals surface area (Å²) >= 11 is 0. The summed E-state index contributed by atoms with van der Waals surface area (Å²) in [5.41, 5.74) is 0.862. The molecule has 3 rings (SSSR count). The first-order valence-corrected chi connectivity index (χ1v) is 8.06. The van der Waals surface area contributed by atoms with Crippen molar-refractivity contribution in [3.05, 3.63) is 89.9 Å². The molecule has 2 aromatic carbocycles. The van der Waals surface area contributed by atoms with Crippen LogP contribution >= 0.6 is 0 Å². The van der Waals surface area contributed by atoms with E-state index in [9.17, 15) is 19.5 Å². The van der Waals surface area contributed by atoms with Gasteiger partial charge in [0.2, 0.25) is 5.78 Å². The van der Waals surface area contributed by atoms with Crippen molar-refractivity contribution in [3.8, 4) is 0 Å². The van der Waals surface area contributed by atoms with E-state index in [0.29, 0.717) is 11.3 Å². The predicted octanol–water partition coefficient (Wildman–Crippen LogP) is 1.69. The molecule has 0 unspecified atom stereocenters. The summed E-state index contributed by atoms with van der Waals surface area (Å²) in [6.45, 7) is 0. The summed E-state index contributed by atoms with van der Waals surface area (Å²) in [6.07, 6.45) is 0.272. The molecule has 1 amide bonds. The molecule has 7 nitrogen and oxygen atoms in total. The fraction of sp³-hybridized carbons (Fsp3) is 0.0500. The molecular weight excluding hydrogens is 348 g/mol. The number of furan rings is 1. The number of amides is 1. The van der Waals surface area contributed by atoms with Gasteiger partial charge in [-0.1, -0.05) is 42.5 Å². The number of anilines is 1. The Hall–Kier alpha value is -3.87. The van der Waals surface area contributed by atoms with Crippen LogP contribution in [0.15, 0.2) is 77.4 Å². The first-order valence-electron chi connectivity index (χ1n) is 8.06. The van der Waals surface area contributed by atoms with Crippen LogP contribution in [0.3, 0.4) is 0 Å². The molecule has 0 aliphatic carbocycles. The van der Waals surface area contributed by atoms with E-state index >= 15 is 0 Å². The molecule has 2 N–H and O–H groups in total. The minimum atomic E-state index is -1.30. The molecule has 7 heteroatoms. The molecule has 0 radical (unpaired) electrons. The van der Waals surface area contributed by atoms with Crippen molar-refractivity contribution in [3.63, 3.8) is 0 Å². The molecule has 0 saturated carbocycles. The SMILES string of the molecule is O=C([O-])c1ccc(N[C@H](NC(=O)c2ccco2)C(=O)c2ccccc2)cc1. The first kappa shape index (κ1) is 17.9. The maximum atomic E-state index is 12.8. The summed E-state index contributed by atoms with van der Waals surface area (Å²) < 4.78 is 5.05. The number of carboxylic acids is 1. The Morgan fingerprint density at radius 1 is 0.852 bits per heavy atom. The van der Waals surface area contributed by atoms with Crippen LogP contribution < -0.4 is 15.7 Å². The maximum Gasteiger partial charge on any atom is 0.288 e. The van der Waals surface area contributed by atoms with Crippen molar-refractivity contribution >= 4 is 23.3 Å². The van der Waals surface area contributed by atoms with Gasteiger partial charge in [0.15, 0.2) is 11.9 Å². The lowest BCUT2D eigenvalue weighted by molar-refractivity contribution is -0.255. The fourth-order valence-corrected chi connectivity index (χ4v) is 2.42. The van der Waals surface area contributed by atoms with Gasteiger partial charge in [0, 0.05) is 11.3 Å². The third-order valence-corrected chi connectivity index (χ3v) is 3.77. The highest BCUT2D eigenvalue weighted by Gasteiger charge is 2.23. The van der Waals surface area contributed by atoms with E-state index in [1.165, 1.54) is 36.6 Å². The second-order valence-electron chi connectivity index (χ2n) is 5.62. The van der Waals surface area contributed by atoms with Crippen molar-refractivity contribution in [1.82, 2.24) is 5.32 Å². The summed E-state index contributed by atoms with van der Waals surface area (Å²) in [5.74, 6) is -2.16. The number of benzene rings is 2. The molecule has 1 heterocycles. The molecule has 136 valence electrons. The monoisotopic (exact) mass is 363 g/mol. The number of carboxylic acid groups (broad SMARTS) is 1. The van der Waals surface area contributed by atoms with E-state index in [1.54, 1.807) is 36.4 Å². The lowest BCUT2D eigenvalue weighted by Gasteiger charge is -2.20. The number of hydrogen-bond donors (Lipinski definition) is 2. The number of rotatable bonds is 7. The number of ketones is 1. The third kappa shape index (κ3) is 4.40. The van der Waals surface area contributed by atoms with Crippen LogP contribution in [0.4, 0.5) is 5.69 Å². The van der Waals surface area contributed by atoms with Crippen LogP contribution in [-0.4, -0.2) is 23.8 Å². The van der Waals surface area contributed by atoms with Crippen LogP contribution in [0.1, 0.15) is 31.3 Å². The van der Waals surface area contributed by atoms with E-state index in [0.717, 1.165) is 0 Å². The second-order valence-corrected chi connectivity index (χ2v) is 5.62. The second kappa shape index (κ2) is 8.01. The maximum absolute atomic E-state index is 12.8. The zero-order valence-electron chi connectivity index (χ0n) is 14.0. The number of aromatic carboxylic acids is 1. The van der Waals surface area contributed by atoms with Crippen LogP contribution in [0, 0.1) is 0 Å². The van der Waals surface area contributed by atoms with E-state index in [1.807, 2.05) is 0 Å². The number of Topliss-reactive ketones (excluding diaryl/α,β-unsaturated/α-hetero) is 1. The minimum absolute atomic E-state index is 0.00565. The summed E-state index contributed by atoms with van der Waals surface area (Å²) in [5, 5.41) is 16.3. The highest BCUT2D eigenvalue weighted by atomic mass is 16.4. The van der Waals surface area contributed by atoms with E-state index in [2.05, 4.69) is 10.6 Å². The van der Waals surface area contributed by atoms with Crippen molar-refractivity contribution < 1.29 is 23.9 Å². The van der Waals surface area contributed by atoms with Gasteiger partial charge in [-0.05, 0) is 29.8 Å². The largest absolute Gasteiger partial charge is 0.545 e. The Kier molecular flexibility index (Phi) is 5.32. The molecule has 3 aromatic rings. The highest BCUT2D eigenvalue weighted by molar-refractivity contribution is 6.04. The molecule has 0 spiro atoms. The van der Waals surface area contributed by atoms with E-state index in [-0.39, 0.29) is 17.1 Å². The van der Waals surface area contributed by atoms with E-state index in [4.69, 9.17) is 4.42 Å². The van der Waals surface area contributed by atoms with Gasteiger partial charge in [0.25, 0.3) is 5.91 Å². The zero-order valence-corrected chi connectivity index (χ0v) is 14.0. The van der Waals surface area contributed by atoms with Crippen LogP contribution in [0.25, 0.3) is 0 Å². The number of nitrogens with one attached hydrogen (secondary N) is 2. The smallest absolute Gasteiger partial charge is 0.288 e. The minimum Gasteiger partial charge on any atom is -0.545 e. The van der Waals surface area contributed by atoms with Crippen molar-refractivity contribution in [2.24, 2.45) is 0 Å². The average Bonchev–Trinajstić information content (AvgIpc) is 3.23. The van der Waals surface area contributed by atoms with Gasteiger partial charge in [-0.3, -0.25) is 9.59 Å². The zero-order chi connectivity index (χ0) is 19.2. The number of carbonyl (C=O) groups is 3. The summed E-state index contributed by atoms with van der Waals surface area (Å²) in [7, 11) is 0. The summed E-state index contributed by atoms with van der Waals surface area (Å²) in [6, 6.07) is 17.2. The van der Waals surface area contributed by atoms with Gasteiger partial charge in [0.1, 0.15) is 0 Å². The molecule has 0 aliphatic rings. The highest BCUT2D eigenvalue weighted by Crippen LogP contribution is 2.13. The Bertz CT molecular complexity index is 934. The summed E-state index contributed by atoms with van der Waals surface area (Å²) in [4.78, 5) is 36.0. The van der Waals surface area contributed by atoms with Crippen LogP contribution in [0.5, 0.6) is 0 Å². The van der Waals surface area contributed by atoms with Gasteiger partial charge < -0.3 is 25.0 Å². The van der Waals surface area contributed by atoms with Gasteiger partial charge in [-0.2, -0.15) is 0 Å². The molecule has 27 heavy (non-hydrogen) atoms. The molecule has 0 fully saturated rings. The van der Waals surface area contributed by atoms with Gasteiger partial charge in [-0.25, -0.2) is 0 Å². The Morgan fingerprint density at radius 2 is 1.56 bits per heavy atom. The van der Waals surface area contributed by atoms with Gasteiger partial charge in [-0.15, -0.1) is 0 Å². The Morgan fingerprint density at radius 3 is 2.15 bits per heavy atom. The number of hydrogen-bond acceptors (Lipinski definition) is 6. The fourth-order valence-electron chi connectivity index (χ4n) is 2.42. The third-order valence-electron chi connectivity index (χ3n) is 3.77. The molecule has 0 bridgehead atoms. The van der Waals surface area contributed by atoms with Gasteiger partial charge in [0.05, 0.1) is 12.2 Å². The average molecular weight is 363 g/mol. The molecule has 0 aliphatic heterocycles. The molecular formula is C20H15N2O5-. The van der Waals surface area contributed by atoms with Crippen molar-refractivity contribution in [2.75, 3.05) is 5.32 Å². The van der Waals surface area contributed by atoms with Crippen molar-refractivity contribution in [2.45, 2.75) is 6.17 Å². The quantitative estimate of drug-likeness (QED) is 0.488. The normalized spacial score (nSPS) is 11.4. The first-order chi connectivity index (χ1) is 13.0. The lowest BCUT2D eigenvalue weighted by atomic mass is 10.1. The Balaban J connectivity index is 1.83. The van der Waals surface area contributed by atoms with Crippen LogP contribution in [0.2, 0.25) is 0 Å². The lowest BCUT2D eigenvalue weighted by Crippen LogP contribution is -2.46. The van der Waals surface area contributed by atoms with Crippen LogP contribution in [-0.2, 0) is 0 Å². The van der Waals surface area contributed by atoms with Crippen molar-refractivity contribution in [1.29, 1.82) is 0 Å². The predicted molar refractivity (Wildman–Crippen MR) is 95.1 cm³/mol. The standard InChI is InChI=1S/C20H16N2O5/c23-17(13-5-2-1-3-6-13)18(22-19(24)16-7-4-12-27-16)21-15-10-8-14(9-11-15)20(25)26/h1-12,18,21H,(H,22,24)(H,25,26)/p-1/t18-/m1/s1. The van der Waals surface area contributed by atoms with Gasteiger partial charge >= 0.3 is 0 Å². The molecule has 1 atom stereocenters. The Labute approximate surface area is 154 Å². The topological polar surface area (TPSA) is 111 Å². The molecule has 1 aromatic heterocycles. The van der Waals surface area contributed by atoms with E-state index < -0.39 is 18.0 Å².